The minimum Gasteiger partial charge on any atom is -0.372 e. The van der Waals surface area contributed by atoms with Gasteiger partial charge in [-0.15, -0.1) is 11.3 Å². The maximum absolute atomic E-state index is 13.4. The van der Waals surface area contributed by atoms with Crippen LogP contribution in [0.2, 0.25) is 5.02 Å². The number of ether oxygens (including phenoxy) is 1. The van der Waals surface area contributed by atoms with E-state index in [1.54, 1.807) is 35.3 Å². The van der Waals surface area contributed by atoms with Crippen LogP contribution in [0, 0.1) is 5.92 Å². The van der Waals surface area contributed by atoms with Crippen LogP contribution in [0.5, 0.6) is 0 Å². The molecule has 0 radical (unpaired) electrons. The highest BCUT2D eigenvalue weighted by Gasteiger charge is 2.35. The molecule has 10 heteroatoms. The number of fused-ring (bicyclic) bond motifs is 2. The number of morpholine rings is 1. The summed E-state index contributed by atoms with van der Waals surface area (Å²) in [7, 11) is 1.75. The van der Waals surface area contributed by atoms with E-state index in [4.69, 9.17) is 16.3 Å². The van der Waals surface area contributed by atoms with Gasteiger partial charge in [0.1, 0.15) is 10.8 Å². The van der Waals surface area contributed by atoms with Gasteiger partial charge in [0.25, 0.3) is 0 Å². The Hall–Kier alpha value is -2.75. The Morgan fingerprint density at radius 3 is 2.83 bits per heavy atom. The molecule has 1 amide bonds. The van der Waals surface area contributed by atoms with E-state index in [0.29, 0.717) is 30.4 Å². The molecular formula is C25H29ClN6O2S. The van der Waals surface area contributed by atoms with E-state index in [1.165, 1.54) is 10.4 Å². The average molecular weight is 513 g/mol. The third kappa shape index (κ3) is 4.60. The van der Waals surface area contributed by atoms with Gasteiger partial charge in [-0.3, -0.25) is 14.8 Å². The van der Waals surface area contributed by atoms with Crippen LogP contribution in [0.25, 0.3) is 5.52 Å². The highest BCUT2D eigenvalue weighted by atomic mass is 35.5. The van der Waals surface area contributed by atoms with E-state index >= 15 is 0 Å². The number of nitrogens with one attached hydrogen (secondary N) is 1. The highest BCUT2D eigenvalue weighted by Crippen LogP contribution is 2.42. The number of halogens is 1. The molecule has 0 unspecified atom stereocenters. The molecule has 1 aliphatic heterocycles. The summed E-state index contributed by atoms with van der Waals surface area (Å²) in [5, 5.41) is 8.99. The Labute approximate surface area is 213 Å². The average Bonchev–Trinajstić information content (AvgIpc) is 3.44. The number of anilines is 1. The van der Waals surface area contributed by atoms with Gasteiger partial charge in [-0.05, 0) is 57.5 Å². The maximum atomic E-state index is 13.4. The van der Waals surface area contributed by atoms with E-state index in [1.807, 2.05) is 30.9 Å². The number of nitrogens with zero attached hydrogens (tertiary/aromatic N) is 5. The zero-order valence-corrected chi connectivity index (χ0v) is 21.7. The number of carbonyl (C=O) groups is 1. The molecule has 35 heavy (non-hydrogen) atoms. The highest BCUT2D eigenvalue weighted by molar-refractivity contribution is 7.16. The van der Waals surface area contributed by atoms with Crippen molar-refractivity contribution in [3.8, 4) is 0 Å². The summed E-state index contributed by atoms with van der Waals surface area (Å²) in [6.45, 7) is 9.16. The van der Waals surface area contributed by atoms with Gasteiger partial charge >= 0.3 is 0 Å². The van der Waals surface area contributed by atoms with Crippen LogP contribution >= 0.6 is 22.9 Å². The Morgan fingerprint density at radius 1 is 1.34 bits per heavy atom. The van der Waals surface area contributed by atoms with Gasteiger partial charge in [-0.1, -0.05) is 11.6 Å². The monoisotopic (exact) mass is 512 g/mol. The van der Waals surface area contributed by atoms with E-state index < -0.39 is 0 Å². The summed E-state index contributed by atoms with van der Waals surface area (Å²) in [6, 6.07) is 3.86. The number of aliphatic imine (C=N–C) groups is 2. The zero-order valence-electron chi connectivity index (χ0n) is 20.1. The van der Waals surface area contributed by atoms with E-state index in [-0.39, 0.29) is 24.0 Å². The van der Waals surface area contributed by atoms with E-state index in [0.717, 1.165) is 34.6 Å². The van der Waals surface area contributed by atoms with Crippen molar-refractivity contribution >= 4 is 57.6 Å². The van der Waals surface area contributed by atoms with Crippen LogP contribution in [0.3, 0.4) is 0 Å². The lowest BCUT2D eigenvalue weighted by Gasteiger charge is -2.37. The van der Waals surface area contributed by atoms with Crippen molar-refractivity contribution < 1.29 is 9.53 Å². The van der Waals surface area contributed by atoms with E-state index in [2.05, 4.69) is 27.1 Å². The van der Waals surface area contributed by atoms with Crippen LogP contribution in [-0.4, -0.2) is 65.3 Å². The Kier molecular flexibility index (Phi) is 6.65. The molecule has 4 heterocycles. The van der Waals surface area contributed by atoms with Gasteiger partial charge in [-0.25, -0.2) is 4.52 Å². The van der Waals surface area contributed by atoms with Crippen molar-refractivity contribution in [1.29, 1.82) is 0 Å². The third-order valence-corrected chi connectivity index (χ3v) is 8.16. The standard InChI is InChI=1S/C25H29ClN6O2S/c1-14-11-31(12-15(2)34-14)25(33)16-5-6-18-21(9-16)35-24(28-4)22(18)23(27-3)30-20-10-17-7-8-29-32(17)13-19(20)26/h7-8,10,13-16H,4-6,9,11-12H2,1-3H3,(H,27,30)/t14-,15-,16-/m0/s1. The Bertz CT molecular complexity index is 1300. The van der Waals surface area contributed by atoms with Crippen molar-refractivity contribution in [3.63, 3.8) is 0 Å². The van der Waals surface area contributed by atoms with Crippen molar-refractivity contribution in [1.82, 2.24) is 14.5 Å². The molecule has 0 spiro atoms. The molecule has 3 aromatic rings. The second-order valence-electron chi connectivity index (χ2n) is 9.22. The summed E-state index contributed by atoms with van der Waals surface area (Å²) >= 11 is 8.13. The number of aromatic nitrogens is 2. The van der Waals surface area contributed by atoms with Crippen LogP contribution in [0.4, 0.5) is 10.7 Å². The quantitative estimate of drug-likeness (QED) is 0.408. The number of amidine groups is 1. The minimum absolute atomic E-state index is 0.0298. The Balaban J connectivity index is 1.40. The number of carbonyl (C=O) groups excluding carboxylic acids is 1. The topological polar surface area (TPSA) is 83.6 Å². The predicted octanol–water partition coefficient (Wildman–Crippen LogP) is 4.61. The number of hydrogen-bond donors (Lipinski definition) is 1. The van der Waals surface area contributed by atoms with Crippen LogP contribution in [-0.2, 0) is 22.4 Å². The molecule has 1 N–H and O–H groups in total. The molecule has 3 atom stereocenters. The molecule has 1 saturated heterocycles. The molecule has 184 valence electrons. The van der Waals surface area contributed by atoms with Crippen molar-refractivity contribution in [2.45, 2.75) is 45.3 Å². The molecular weight excluding hydrogens is 484 g/mol. The maximum Gasteiger partial charge on any atom is 0.226 e. The van der Waals surface area contributed by atoms with Gasteiger partial charge in [0.15, 0.2) is 0 Å². The molecule has 8 nitrogen and oxygen atoms in total. The molecule has 0 bridgehead atoms. The molecule has 1 fully saturated rings. The zero-order chi connectivity index (χ0) is 24.7. The summed E-state index contributed by atoms with van der Waals surface area (Å²) in [5.41, 5.74) is 3.82. The fourth-order valence-electron chi connectivity index (χ4n) is 5.15. The number of thiophene rings is 1. The second-order valence-corrected chi connectivity index (χ2v) is 10.7. The molecule has 0 saturated carbocycles. The third-order valence-electron chi connectivity index (χ3n) is 6.67. The Morgan fingerprint density at radius 2 is 2.11 bits per heavy atom. The smallest absolute Gasteiger partial charge is 0.226 e. The van der Waals surface area contributed by atoms with Gasteiger partial charge in [0, 0.05) is 43.3 Å². The van der Waals surface area contributed by atoms with Crippen molar-refractivity contribution in [2.24, 2.45) is 15.9 Å². The lowest BCUT2D eigenvalue weighted by molar-refractivity contribution is -0.147. The number of hydrogen-bond acceptors (Lipinski definition) is 6. The first kappa shape index (κ1) is 24.0. The minimum atomic E-state index is -0.0298. The van der Waals surface area contributed by atoms with Gasteiger partial charge < -0.3 is 15.0 Å². The van der Waals surface area contributed by atoms with Crippen LogP contribution in [0.15, 0.2) is 34.5 Å². The van der Waals surface area contributed by atoms with Gasteiger partial charge in [0.05, 0.1) is 34.0 Å². The van der Waals surface area contributed by atoms with Gasteiger partial charge in [-0.2, -0.15) is 5.10 Å². The number of amides is 1. The molecule has 3 aromatic heterocycles. The molecule has 2 aliphatic rings. The van der Waals surface area contributed by atoms with Crippen LogP contribution in [0.1, 0.15) is 36.3 Å². The molecule has 1 aliphatic carbocycles. The van der Waals surface area contributed by atoms with Gasteiger partial charge in [0.2, 0.25) is 5.91 Å². The number of pyridine rings is 1. The molecule has 5 rings (SSSR count). The summed E-state index contributed by atoms with van der Waals surface area (Å²) < 4.78 is 7.54. The first-order valence-electron chi connectivity index (χ1n) is 11.8. The summed E-state index contributed by atoms with van der Waals surface area (Å²) in [4.78, 5) is 25.4. The normalized spacial score (nSPS) is 22.8. The van der Waals surface area contributed by atoms with Crippen molar-refractivity contribution in [3.05, 3.63) is 45.6 Å². The molecule has 0 aromatic carbocycles. The largest absolute Gasteiger partial charge is 0.372 e. The lowest BCUT2D eigenvalue weighted by atomic mass is 9.85. The lowest BCUT2D eigenvalue weighted by Crippen LogP contribution is -2.50. The fourth-order valence-corrected chi connectivity index (χ4v) is 6.57. The SMILES string of the molecule is C=Nc1sc2c(c1/C(=N\C)Nc1cc3ccnn3cc1Cl)CC[C@H](C(=O)N1C[C@H](C)O[C@@H](C)C1)C2. The van der Waals surface area contributed by atoms with Crippen LogP contribution < -0.4 is 5.32 Å². The number of rotatable bonds is 4. The predicted molar refractivity (Wildman–Crippen MR) is 142 cm³/mol. The second kappa shape index (κ2) is 9.72. The summed E-state index contributed by atoms with van der Waals surface area (Å²) in [5.74, 6) is 0.887. The first-order chi connectivity index (χ1) is 16.9. The van der Waals surface area contributed by atoms with Crippen molar-refractivity contribution in [2.75, 3.05) is 25.5 Å². The van der Waals surface area contributed by atoms with E-state index in [9.17, 15) is 4.79 Å². The fraction of sp³-hybridized carbons (Fsp3) is 0.440. The first-order valence-corrected chi connectivity index (χ1v) is 13.0. The summed E-state index contributed by atoms with van der Waals surface area (Å²) in [6.07, 6.45) is 5.93.